The molecule has 5 N–H and O–H groups in total. The molecule has 0 amide bonds. The van der Waals surface area contributed by atoms with Crippen molar-refractivity contribution in [2.45, 2.75) is 48.5 Å². The molecule has 0 saturated carbocycles. The molecular formula is C82H75Br10N5O5Ti5. The van der Waals surface area contributed by atoms with E-state index >= 15 is 0 Å². The molecule has 0 aromatic heterocycles. The predicted molar refractivity (Wildman–Crippen MR) is 474 cm³/mol. The molecule has 0 heterocycles. The van der Waals surface area contributed by atoms with Crippen LogP contribution >= 0.6 is 132 Å². The van der Waals surface area contributed by atoms with Gasteiger partial charge in [-0.05, 0) is 173 Å². The van der Waals surface area contributed by atoms with E-state index in [9.17, 15) is 25.5 Å². The normalized spacial score (nSPS) is 10.6. The van der Waals surface area contributed by atoms with Gasteiger partial charge in [-0.15, -0.1) is 0 Å². The SMILES string of the molecule is CC(=Nc1ccccc1)c1c(O)ccc2ccccc12.CC(=Nc1ccccc1)c1cccc(-c2ccccc2)c1O.CC(=Nc1ccccc1)c1cccc(C)c1O.CC(=Nc1ccccc1)c1cccc(C)c1O.CC(=Nc1ccccc1)c1ccccc1O.[Br][Ti][Br].[Br][Ti][Br].[Br][Ti][Br].[Br][Ti][Br].[Br][Ti][Br]. The van der Waals surface area contributed by atoms with Crippen LogP contribution < -0.4 is 0 Å². The number of hydrogen-bond acceptors (Lipinski definition) is 10. The second-order valence-electron chi connectivity index (χ2n) is 21.7. The van der Waals surface area contributed by atoms with Gasteiger partial charge in [-0.25, -0.2) is 0 Å². The third kappa shape index (κ3) is 37.9. The number of halogens is 10. The molecule has 0 aliphatic rings. The molecule has 12 rings (SSSR count). The summed E-state index contributed by atoms with van der Waals surface area (Å²) in [6, 6.07) is 94.6. The molecule has 548 valence electrons. The van der Waals surface area contributed by atoms with Gasteiger partial charge in [0.2, 0.25) is 0 Å². The first-order valence-electron chi connectivity index (χ1n) is 32.0. The van der Waals surface area contributed by atoms with Gasteiger partial charge in [0.1, 0.15) is 28.7 Å². The molecule has 12 aromatic rings. The molecule has 107 heavy (non-hydrogen) atoms. The zero-order valence-electron chi connectivity index (χ0n) is 59.0. The molecule has 0 aliphatic carbocycles. The van der Waals surface area contributed by atoms with E-state index in [4.69, 9.17) is 0 Å². The van der Waals surface area contributed by atoms with Crippen molar-refractivity contribution in [1.29, 1.82) is 0 Å². The summed E-state index contributed by atoms with van der Waals surface area (Å²) in [4.78, 5) is 22.6. The quantitative estimate of drug-likeness (QED) is 0.0642. The Bertz CT molecular complexity index is 4550. The second-order valence-corrected chi connectivity index (χ2v) is 61.1. The molecule has 0 spiro atoms. The molecule has 0 aliphatic heterocycles. The molecule has 0 unspecified atom stereocenters. The van der Waals surface area contributed by atoms with E-state index < -0.39 is 0 Å². The molecular weight excluding hydrogens is 2170 g/mol. The van der Waals surface area contributed by atoms with Gasteiger partial charge >= 0.3 is 206 Å². The third-order valence-corrected chi connectivity index (χ3v) is 14.6. The van der Waals surface area contributed by atoms with Gasteiger partial charge < -0.3 is 25.5 Å². The summed E-state index contributed by atoms with van der Waals surface area (Å²) in [6.45, 7) is 13.3. The molecule has 0 fully saturated rings. The number of hydrogen-bond donors (Lipinski definition) is 5. The van der Waals surface area contributed by atoms with Crippen LogP contribution in [-0.2, 0) is 74.8 Å². The summed E-state index contributed by atoms with van der Waals surface area (Å²) < 4.78 is 0. The van der Waals surface area contributed by atoms with E-state index in [1.807, 2.05) is 328 Å². The molecule has 0 bridgehead atoms. The number of nitrogens with zero attached hydrogens (tertiary/aromatic N) is 5. The van der Waals surface area contributed by atoms with Gasteiger partial charge in [-0.1, -0.05) is 200 Å². The Morgan fingerprint density at radius 1 is 0.252 bits per heavy atom. The number of benzene rings is 12. The summed E-state index contributed by atoms with van der Waals surface area (Å²) in [5, 5.41) is 52.5. The molecule has 0 saturated heterocycles. The van der Waals surface area contributed by atoms with Gasteiger partial charge in [0.25, 0.3) is 0 Å². The fourth-order valence-corrected chi connectivity index (χ4v) is 9.79. The Labute approximate surface area is 738 Å². The average molecular weight is 2250 g/mol. The van der Waals surface area contributed by atoms with Crippen molar-refractivity contribution in [1.82, 2.24) is 0 Å². The van der Waals surface area contributed by atoms with Crippen LogP contribution in [0.1, 0.15) is 73.6 Å². The Balaban J connectivity index is 0.000000332. The number of aliphatic imine (C=N–C) groups is 5. The van der Waals surface area contributed by atoms with Crippen LogP contribution in [0.25, 0.3) is 21.9 Å². The summed E-state index contributed by atoms with van der Waals surface area (Å²) in [5.41, 5.74) is 15.9. The summed E-state index contributed by atoms with van der Waals surface area (Å²) >= 11 is 32.5. The molecule has 10 nitrogen and oxygen atoms in total. The van der Waals surface area contributed by atoms with E-state index in [0.717, 1.165) is 118 Å². The van der Waals surface area contributed by atoms with Gasteiger partial charge in [-0.2, -0.15) is 0 Å². The predicted octanol–water partition coefficient (Wildman–Crippen LogP) is 29.5. The van der Waals surface area contributed by atoms with Crippen LogP contribution in [-0.4, -0.2) is 54.1 Å². The Hall–Kier alpha value is -3.38. The first-order chi connectivity index (χ1) is 51.7. The van der Waals surface area contributed by atoms with E-state index in [2.05, 4.69) is 157 Å². The first kappa shape index (κ1) is 97.8. The number of fused-ring (bicyclic) bond motifs is 1. The average Bonchev–Trinajstić information content (AvgIpc) is 0.907. The number of phenols is 5. The summed E-state index contributed by atoms with van der Waals surface area (Å²) in [5.74, 6) is 1.42. The Morgan fingerprint density at radius 2 is 0.523 bits per heavy atom. The van der Waals surface area contributed by atoms with Crippen LogP contribution in [0.3, 0.4) is 0 Å². The maximum atomic E-state index is 10.6. The standard InChI is InChI=1S/C20H17NO.C18H15NO.2C15H15NO.C14H13NO.10BrH.5Ti/c1-15(21-17-11-6-3-7-12-17)18-13-8-14-19(20(18)22)16-9-4-2-5-10-16;1-13(19-15-8-3-2-4-9-15)18-16-10-6-5-7-14(16)11-12-17(18)20;2*1-11-7-6-10-14(15(11)17)12(2)16-13-8-4-3-5-9-13;1-11(13-9-5-6-10-14(13)16)15-12-7-3-2-4-8-12;;;;;;;;;;;;;;;/h2-14,22H,1H3;2-12,20H,1H3;2*3-10,17H,1-2H3;2-10,16H,1H3;10*1H;;;;;/q;;;;;;;;;;;;;;;5*+2/p-10. The number of aromatic hydroxyl groups is 5. The number of aryl methyl sites for hydroxylation is 2. The number of para-hydroxylation sites is 9. The van der Waals surface area contributed by atoms with Crippen molar-refractivity contribution >= 4 is 199 Å². The maximum absolute atomic E-state index is 10.6. The van der Waals surface area contributed by atoms with Crippen molar-refractivity contribution in [3.8, 4) is 39.9 Å². The Kier molecular flexibility index (Phi) is 54.3. The fourth-order valence-electron chi connectivity index (χ4n) is 9.79. The first-order valence-corrected chi connectivity index (χ1v) is 70.6. The van der Waals surface area contributed by atoms with Gasteiger partial charge in [-0.3, -0.25) is 25.0 Å². The molecule has 0 radical (unpaired) electrons. The number of phenolic OH excluding ortho intramolecular Hbond substituents is 5. The van der Waals surface area contributed by atoms with Crippen LogP contribution in [0.2, 0.25) is 0 Å². The minimum absolute atomic E-state index is 0.125. The van der Waals surface area contributed by atoms with E-state index in [0.29, 0.717) is 11.5 Å². The minimum atomic E-state index is 0.125. The van der Waals surface area contributed by atoms with Crippen LogP contribution in [0.15, 0.2) is 322 Å². The second kappa shape index (κ2) is 59.4. The number of rotatable bonds is 11. The van der Waals surface area contributed by atoms with E-state index in [1.54, 1.807) is 18.2 Å². The van der Waals surface area contributed by atoms with Crippen molar-refractivity contribution in [3.63, 3.8) is 0 Å². The van der Waals surface area contributed by atoms with Gasteiger partial charge in [0, 0.05) is 61.9 Å². The van der Waals surface area contributed by atoms with E-state index in [1.165, 1.54) is 0 Å². The van der Waals surface area contributed by atoms with Crippen molar-refractivity contribution in [3.05, 3.63) is 336 Å². The van der Waals surface area contributed by atoms with Crippen LogP contribution in [0.5, 0.6) is 28.7 Å². The van der Waals surface area contributed by atoms with Crippen molar-refractivity contribution < 1.29 is 100 Å². The van der Waals surface area contributed by atoms with Crippen molar-refractivity contribution in [2.24, 2.45) is 25.0 Å². The summed E-state index contributed by atoms with van der Waals surface area (Å²) in [7, 11) is 0. The van der Waals surface area contributed by atoms with Crippen LogP contribution in [0.4, 0.5) is 28.4 Å². The van der Waals surface area contributed by atoms with Gasteiger partial charge in [0.05, 0.1) is 28.4 Å². The third-order valence-electron chi connectivity index (χ3n) is 14.6. The summed E-state index contributed by atoms with van der Waals surface area (Å²) in [6.07, 6.45) is 0. The topological polar surface area (TPSA) is 163 Å². The monoisotopic (exact) mass is 2240 g/mol. The van der Waals surface area contributed by atoms with Crippen LogP contribution in [0, 0.1) is 13.8 Å². The zero-order chi connectivity index (χ0) is 78.7. The zero-order valence-corrected chi connectivity index (χ0v) is 82.7. The molecule has 0 atom stereocenters. The van der Waals surface area contributed by atoms with E-state index in [-0.39, 0.29) is 92.1 Å². The fraction of sp³-hybridized carbons (Fsp3) is 0.0854. The molecule has 25 heteroatoms. The molecule has 12 aromatic carbocycles. The van der Waals surface area contributed by atoms with Crippen molar-refractivity contribution in [2.75, 3.05) is 0 Å². The van der Waals surface area contributed by atoms with Gasteiger partial charge in [0.15, 0.2) is 0 Å². The Morgan fingerprint density at radius 3 is 0.879 bits per heavy atom.